The molecule has 0 aromatic rings. The second-order valence-electron chi connectivity index (χ2n) is 3.76. The number of carbonyl (C=O) groups excluding carboxylic acids is 2. The average molecular weight is 232 g/mol. The zero-order valence-corrected chi connectivity index (χ0v) is 9.97. The van der Waals surface area contributed by atoms with Crippen LogP contribution in [0.3, 0.4) is 0 Å². The van der Waals surface area contributed by atoms with Gasteiger partial charge in [0.1, 0.15) is 6.04 Å². The monoisotopic (exact) mass is 232 g/mol. The van der Waals surface area contributed by atoms with E-state index in [1.54, 1.807) is 11.8 Å². The molecular weight excluding hydrogens is 216 g/mol. The molecule has 1 atom stereocenters. The van der Waals surface area contributed by atoms with Gasteiger partial charge in [0.25, 0.3) is 0 Å². The van der Waals surface area contributed by atoms with Crippen LogP contribution >= 0.6 is 11.8 Å². The number of carbonyl (C=O) groups is 2. The molecule has 0 saturated carbocycles. The maximum Gasteiger partial charge on any atom is 0.329 e. The van der Waals surface area contributed by atoms with Crippen LogP contribution < -0.4 is 5.73 Å². The third-order valence-corrected chi connectivity index (χ3v) is 3.79. The lowest BCUT2D eigenvalue weighted by molar-refractivity contribution is -0.152. The molecule has 1 rings (SSSR count). The number of ether oxygens (including phenoxy) is 1. The molecule has 2 N–H and O–H groups in total. The second kappa shape index (κ2) is 4.40. The summed E-state index contributed by atoms with van der Waals surface area (Å²) in [5, 5.41) is 0. The smallest absolute Gasteiger partial charge is 0.329 e. The van der Waals surface area contributed by atoms with Crippen LogP contribution in [0.15, 0.2) is 0 Å². The molecule has 0 aromatic heterocycles. The van der Waals surface area contributed by atoms with Crippen LogP contribution in [0.25, 0.3) is 0 Å². The summed E-state index contributed by atoms with van der Waals surface area (Å²) in [6.07, 6.45) is 0. The highest BCUT2D eigenvalue weighted by molar-refractivity contribution is 8.00. The number of hydrogen-bond donors (Lipinski definition) is 1. The molecule has 1 fully saturated rings. The van der Waals surface area contributed by atoms with Gasteiger partial charge < -0.3 is 15.4 Å². The Kier molecular flexibility index (Phi) is 3.62. The number of hydrogen-bond acceptors (Lipinski definition) is 5. The minimum Gasteiger partial charge on any atom is -0.467 e. The van der Waals surface area contributed by atoms with Crippen LogP contribution in [0.5, 0.6) is 0 Å². The van der Waals surface area contributed by atoms with Crippen molar-refractivity contribution in [3.8, 4) is 0 Å². The van der Waals surface area contributed by atoms with Gasteiger partial charge in [-0.3, -0.25) is 4.79 Å². The van der Waals surface area contributed by atoms with Crippen LogP contribution in [-0.2, 0) is 14.3 Å². The number of nitrogens with zero attached hydrogens (tertiary/aromatic N) is 1. The Bertz CT molecular complexity index is 281. The molecule has 86 valence electrons. The van der Waals surface area contributed by atoms with Crippen LogP contribution in [0.2, 0.25) is 0 Å². The molecule has 0 radical (unpaired) electrons. The van der Waals surface area contributed by atoms with Crippen molar-refractivity contribution in [3.05, 3.63) is 0 Å². The molecule has 6 heteroatoms. The van der Waals surface area contributed by atoms with Gasteiger partial charge in [-0.25, -0.2) is 4.79 Å². The lowest BCUT2D eigenvalue weighted by Gasteiger charge is -2.33. The van der Waals surface area contributed by atoms with Crippen LogP contribution in [0.4, 0.5) is 0 Å². The summed E-state index contributed by atoms with van der Waals surface area (Å²) in [5.74, 6) is -0.0407. The fourth-order valence-corrected chi connectivity index (χ4v) is 2.90. The first kappa shape index (κ1) is 12.3. The molecule has 0 aromatic carbocycles. The van der Waals surface area contributed by atoms with Crippen molar-refractivity contribution < 1.29 is 14.3 Å². The van der Waals surface area contributed by atoms with Crippen molar-refractivity contribution in [1.29, 1.82) is 0 Å². The summed E-state index contributed by atoms with van der Waals surface area (Å²) in [6.45, 7) is 3.71. The fourth-order valence-electron chi connectivity index (χ4n) is 1.68. The summed E-state index contributed by atoms with van der Waals surface area (Å²) in [6, 6.07) is -0.508. The van der Waals surface area contributed by atoms with Gasteiger partial charge in [0.2, 0.25) is 5.91 Å². The van der Waals surface area contributed by atoms with Gasteiger partial charge in [-0.05, 0) is 13.8 Å². The Labute approximate surface area is 93.3 Å². The van der Waals surface area contributed by atoms with Crippen LogP contribution in [0.1, 0.15) is 13.8 Å². The van der Waals surface area contributed by atoms with Crippen molar-refractivity contribution in [2.45, 2.75) is 24.8 Å². The minimum absolute atomic E-state index is 0.0858. The van der Waals surface area contributed by atoms with E-state index < -0.39 is 10.9 Å². The predicted molar refractivity (Wildman–Crippen MR) is 58.2 cm³/mol. The van der Waals surface area contributed by atoms with Gasteiger partial charge in [-0.2, -0.15) is 0 Å². The first-order valence-electron chi connectivity index (χ1n) is 4.68. The highest BCUT2D eigenvalue weighted by Gasteiger charge is 2.46. The van der Waals surface area contributed by atoms with Crippen molar-refractivity contribution in [1.82, 2.24) is 4.90 Å². The molecule has 1 amide bonds. The molecule has 1 heterocycles. The summed E-state index contributed by atoms with van der Waals surface area (Å²) in [5.41, 5.74) is 5.32. The average Bonchev–Trinajstić information content (AvgIpc) is 2.52. The lowest BCUT2D eigenvalue weighted by Crippen LogP contribution is -2.52. The van der Waals surface area contributed by atoms with Gasteiger partial charge in [0.05, 0.1) is 18.5 Å². The predicted octanol–water partition coefficient (Wildman–Crippen LogP) is -0.202. The Hall–Kier alpha value is -0.750. The Morgan fingerprint density at radius 2 is 2.20 bits per heavy atom. The normalized spacial score (nSPS) is 24.0. The standard InChI is InChI=1S/C9H16N2O3S/c1-9(2)11(7(12)4-10)6(5-15-9)8(13)14-3/h6H,4-5,10H2,1-3H3/t6-/m1/s1. The van der Waals surface area contributed by atoms with E-state index >= 15 is 0 Å². The third kappa shape index (κ3) is 2.26. The fraction of sp³-hybridized carbons (Fsp3) is 0.778. The Morgan fingerprint density at radius 3 is 2.67 bits per heavy atom. The molecule has 0 aliphatic carbocycles. The highest BCUT2D eigenvalue weighted by atomic mass is 32.2. The number of methoxy groups -OCH3 is 1. The summed E-state index contributed by atoms with van der Waals surface area (Å²) in [4.78, 5) is 24.2. The number of amides is 1. The molecule has 0 unspecified atom stereocenters. The highest BCUT2D eigenvalue weighted by Crippen LogP contribution is 2.38. The largest absolute Gasteiger partial charge is 0.467 e. The molecule has 1 aliphatic rings. The zero-order valence-electron chi connectivity index (χ0n) is 9.15. The summed E-state index contributed by atoms with van der Waals surface area (Å²) in [7, 11) is 1.32. The van der Waals surface area contributed by atoms with E-state index in [1.807, 2.05) is 13.8 Å². The van der Waals surface area contributed by atoms with Crippen molar-refractivity contribution in [2.24, 2.45) is 5.73 Å². The van der Waals surface area contributed by atoms with Gasteiger partial charge in [-0.15, -0.1) is 11.8 Å². The van der Waals surface area contributed by atoms with Crippen molar-refractivity contribution >= 4 is 23.6 Å². The first-order valence-corrected chi connectivity index (χ1v) is 5.66. The lowest BCUT2D eigenvalue weighted by atomic mass is 10.2. The quantitative estimate of drug-likeness (QED) is 0.667. The van der Waals surface area contributed by atoms with E-state index in [4.69, 9.17) is 5.73 Å². The summed E-state index contributed by atoms with van der Waals surface area (Å²) < 4.78 is 4.67. The molecule has 0 spiro atoms. The van der Waals surface area contributed by atoms with Crippen molar-refractivity contribution in [2.75, 3.05) is 19.4 Å². The molecule has 1 saturated heterocycles. The Balaban J connectivity index is 2.91. The molecule has 0 bridgehead atoms. The van der Waals surface area contributed by atoms with Gasteiger partial charge in [-0.1, -0.05) is 0 Å². The first-order chi connectivity index (χ1) is 6.94. The van der Waals surface area contributed by atoms with E-state index in [0.29, 0.717) is 5.75 Å². The summed E-state index contributed by atoms with van der Waals surface area (Å²) >= 11 is 1.55. The molecule has 5 nitrogen and oxygen atoms in total. The number of thioether (sulfide) groups is 1. The number of nitrogens with two attached hydrogens (primary N) is 1. The number of esters is 1. The van der Waals surface area contributed by atoms with E-state index in [9.17, 15) is 9.59 Å². The number of rotatable bonds is 2. The van der Waals surface area contributed by atoms with E-state index in [0.717, 1.165) is 0 Å². The van der Waals surface area contributed by atoms with Crippen LogP contribution in [-0.4, -0.2) is 47.1 Å². The topological polar surface area (TPSA) is 72.6 Å². The van der Waals surface area contributed by atoms with E-state index in [2.05, 4.69) is 4.74 Å². The molecule has 15 heavy (non-hydrogen) atoms. The van der Waals surface area contributed by atoms with Gasteiger partial charge >= 0.3 is 5.97 Å². The second-order valence-corrected chi connectivity index (χ2v) is 5.39. The van der Waals surface area contributed by atoms with E-state index in [1.165, 1.54) is 12.0 Å². The maximum absolute atomic E-state index is 11.6. The molecular formula is C9H16N2O3S. The SMILES string of the molecule is COC(=O)[C@H]1CSC(C)(C)N1C(=O)CN. The zero-order chi connectivity index (χ0) is 11.6. The maximum atomic E-state index is 11.6. The van der Waals surface area contributed by atoms with Crippen molar-refractivity contribution in [3.63, 3.8) is 0 Å². The van der Waals surface area contributed by atoms with E-state index in [-0.39, 0.29) is 18.4 Å². The third-order valence-electron chi connectivity index (χ3n) is 2.40. The van der Waals surface area contributed by atoms with Crippen LogP contribution in [0, 0.1) is 0 Å². The molecule has 1 aliphatic heterocycles. The van der Waals surface area contributed by atoms with Gasteiger partial charge in [0, 0.05) is 5.75 Å². The van der Waals surface area contributed by atoms with Gasteiger partial charge in [0.15, 0.2) is 0 Å². The minimum atomic E-state index is -0.508. The Morgan fingerprint density at radius 1 is 1.60 bits per heavy atom.